The lowest BCUT2D eigenvalue weighted by Crippen LogP contribution is -2.44. The van der Waals surface area contributed by atoms with E-state index in [-0.39, 0.29) is 17.9 Å². The zero-order valence-corrected chi connectivity index (χ0v) is 19.0. The lowest BCUT2D eigenvalue weighted by molar-refractivity contribution is -0.147. The minimum absolute atomic E-state index is 0.0569. The van der Waals surface area contributed by atoms with Crippen LogP contribution in [0.15, 0.2) is 73.3 Å². The number of ether oxygens (including phenoxy) is 1. The Morgan fingerprint density at radius 2 is 1.79 bits per heavy atom. The van der Waals surface area contributed by atoms with Gasteiger partial charge in [-0.1, -0.05) is 12.1 Å². The minimum atomic E-state index is -0.450. The summed E-state index contributed by atoms with van der Waals surface area (Å²) in [6, 6.07) is 15.2. The summed E-state index contributed by atoms with van der Waals surface area (Å²) in [6.45, 7) is 0.625. The first-order valence-electron chi connectivity index (χ1n) is 11.4. The summed E-state index contributed by atoms with van der Waals surface area (Å²) >= 11 is 0. The van der Waals surface area contributed by atoms with E-state index in [1.807, 2.05) is 53.4 Å². The van der Waals surface area contributed by atoms with Crippen LogP contribution in [0.4, 0.5) is 0 Å². The maximum Gasteiger partial charge on any atom is 0.311 e. The van der Waals surface area contributed by atoms with Gasteiger partial charge in [0.2, 0.25) is 0 Å². The van der Waals surface area contributed by atoms with Crippen molar-refractivity contribution in [3.63, 3.8) is 0 Å². The molecule has 7 nitrogen and oxygen atoms in total. The quantitative estimate of drug-likeness (QED) is 0.440. The van der Waals surface area contributed by atoms with Crippen LogP contribution in [0.5, 0.6) is 0 Å². The van der Waals surface area contributed by atoms with Gasteiger partial charge in [-0.3, -0.25) is 19.6 Å². The number of hydrogen-bond donors (Lipinski definition) is 1. The molecule has 172 valence electrons. The summed E-state index contributed by atoms with van der Waals surface area (Å²) in [7, 11) is 1.41. The third-order valence-electron chi connectivity index (χ3n) is 6.59. The first kappa shape index (κ1) is 21.8. The summed E-state index contributed by atoms with van der Waals surface area (Å²) in [5, 5.41) is 1.04. The van der Waals surface area contributed by atoms with E-state index in [1.54, 1.807) is 24.8 Å². The van der Waals surface area contributed by atoms with Crippen LogP contribution >= 0.6 is 0 Å². The Morgan fingerprint density at radius 1 is 1.06 bits per heavy atom. The average molecular weight is 455 g/mol. The second-order valence-corrected chi connectivity index (χ2v) is 8.61. The van der Waals surface area contributed by atoms with E-state index in [4.69, 9.17) is 4.74 Å². The number of likely N-dealkylation sites (tertiary alicyclic amines) is 1. The van der Waals surface area contributed by atoms with E-state index < -0.39 is 5.92 Å². The van der Waals surface area contributed by atoms with Crippen molar-refractivity contribution in [3.05, 3.63) is 84.6 Å². The van der Waals surface area contributed by atoms with E-state index in [2.05, 4.69) is 15.0 Å². The molecule has 1 aliphatic rings. The molecular weight excluding hydrogens is 428 g/mol. The lowest BCUT2D eigenvalue weighted by atomic mass is 9.92. The van der Waals surface area contributed by atoms with Crippen LogP contribution < -0.4 is 0 Å². The number of methoxy groups -OCH3 is 1. The molecule has 4 aromatic rings. The molecule has 2 atom stereocenters. The van der Waals surface area contributed by atoms with Crippen molar-refractivity contribution in [2.45, 2.75) is 25.3 Å². The van der Waals surface area contributed by atoms with Gasteiger partial charge < -0.3 is 14.6 Å². The number of H-pyrrole nitrogens is 1. The van der Waals surface area contributed by atoms with Gasteiger partial charge in [-0.25, -0.2) is 0 Å². The molecule has 0 spiro atoms. The maximum absolute atomic E-state index is 13.5. The lowest BCUT2D eigenvalue weighted by Gasteiger charge is -2.30. The van der Waals surface area contributed by atoms with Gasteiger partial charge in [-0.05, 0) is 60.4 Å². The summed E-state index contributed by atoms with van der Waals surface area (Å²) in [4.78, 5) is 39.7. The zero-order valence-electron chi connectivity index (χ0n) is 19.0. The van der Waals surface area contributed by atoms with Crippen molar-refractivity contribution in [2.24, 2.45) is 5.92 Å². The molecule has 7 heteroatoms. The predicted octanol–water partition coefficient (Wildman–Crippen LogP) is 4.26. The van der Waals surface area contributed by atoms with Gasteiger partial charge in [0.25, 0.3) is 5.91 Å². The molecule has 1 aliphatic heterocycles. The predicted molar refractivity (Wildman–Crippen MR) is 129 cm³/mol. The van der Waals surface area contributed by atoms with E-state index >= 15 is 0 Å². The molecule has 0 bridgehead atoms. The smallest absolute Gasteiger partial charge is 0.311 e. The van der Waals surface area contributed by atoms with Crippen LogP contribution in [0.1, 0.15) is 28.9 Å². The number of pyridine rings is 2. The highest BCUT2D eigenvalue weighted by atomic mass is 16.5. The van der Waals surface area contributed by atoms with Crippen LogP contribution in [0.3, 0.4) is 0 Å². The first-order chi connectivity index (χ1) is 16.6. The Balaban J connectivity index is 1.37. The molecule has 0 radical (unpaired) electrons. The molecule has 34 heavy (non-hydrogen) atoms. The van der Waals surface area contributed by atoms with E-state index in [1.165, 1.54) is 7.11 Å². The molecule has 1 aromatic carbocycles. The van der Waals surface area contributed by atoms with Gasteiger partial charge in [-0.2, -0.15) is 0 Å². The van der Waals surface area contributed by atoms with Crippen molar-refractivity contribution >= 4 is 22.8 Å². The summed E-state index contributed by atoms with van der Waals surface area (Å²) in [5.74, 6) is -0.804. The number of esters is 1. The number of amides is 1. The fourth-order valence-electron chi connectivity index (χ4n) is 4.89. The molecule has 0 aliphatic carbocycles. The molecule has 3 aromatic heterocycles. The highest BCUT2D eigenvalue weighted by Crippen LogP contribution is 2.30. The molecule has 0 saturated carbocycles. The number of rotatable bonds is 6. The van der Waals surface area contributed by atoms with Crippen LogP contribution in [-0.4, -0.2) is 51.4 Å². The van der Waals surface area contributed by atoms with E-state index in [0.29, 0.717) is 18.5 Å². The van der Waals surface area contributed by atoms with Gasteiger partial charge in [0.05, 0.1) is 24.7 Å². The average Bonchev–Trinajstić information content (AvgIpc) is 3.54. The summed E-state index contributed by atoms with van der Waals surface area (Å²) in [6.07, 6.45) is 9.11. The van der Waals surface area contributed by atoms with E-state index in [0.717, 1.165) is 40.6 Å². The monoisotopic (exact) mass is 454 g/mol. The molecular formula is C27H26N4O3. The zero-order chi connectivity index (χ0) is 23.5. The number of nitrogens with zero attached hydrogens (tertiary/aromatic N) is 3. The summed E-state index contributed by atoms with van der Waals surface area (Å²) < 4.78 is 5.16. The fraction of sp³-hybridized carbons (Fsp3) is 0.259. The number of aromatic amines is 1. The Labute approximate surface area is 197 Å². The number of aromatic nitrogens is 3. The van der Waals surface area contributed by atoms with Crippen molar-refractivity contribution in [2.75, 3.05) is 13.7 Å². The van der Waals surface area contributed by atoms with Crippen LogP contribution in [0.25, 0.3) is 22.0 Å². The number of carbonyl (C=O) groups is 2. The van der Waals surface area contributed by atoms with E-state index in [9.17, 15) is 9.59 Å². The molecule has 5 rings (SSSR count). The highest BCUT2D eigenvalue weighted by Gasteiger charge is 2.39. The molecule has 4 heterocycles. The second-order valence-electron chi connectivity index (χ2n) is 8.61. The normalized spacial score (nSPS) is 16.5. The van der Waals surface area contributed by atoms with Gasteiger partial charge >= 0.3 is 5.97 Å². The molecule has 2 unspecified atom stereocenters. The third kappa shape index (κ3) is 4.29. The van der Waals surface area contributed by atoms with Gasteiger partial charge in [-0.15, -0.1) is 0 Å². The fourth-order valence-corrected chi connectivity index (χ4v) is 4.89. The Hall–Kier alpha value is -4.00. The topological polar surface area (TPSA) is 88.2 Å². The highest BCUT2D eigenvalue weighted by molar-refractivity contribution is 5.95. The number of nitrogens with one attached hydrogen (secondary N) is 1. The van der Waals surface area contributed by atoms with Crippen molar-refractivity contribution < 1.29 is 14.3 Å². The SMILES string of the molecule is COC(=O)C(Cc1cc2ccncc2[nH]1)C1CCCN1C(=O)c1ccc(-c2ccncc2)cc1. The van der Waals surface area contributed by atoms with Gasteiger partial charge in [0.15, 0.2) is 0 Å². The summed E-state index contributed by atoms with van der Waals surface area (Å²) in [5.41, 5.74) is 4.55. The van der Waals surface area contributed by atoms with Crippen LogP contribution in [0, 0.1) is 5.92 Å². The van der Waals surface area contributed by atoms with Crippen molar-refractivity contribution in [1.82, 2.24) is 19.9 Å². The van der Waals surface area contributed by atoms with Gasteiger partial charge in [0.1, 0.15) is 0 Å². The first-order valence-corrected chi connectivity index (χ1v) is 11.4. The molecule has 1 N–H and O–H groups in total. The third-order valence-corrected chi connectivity index (χ3v) is 6.59. The number of carbonyl (C=O) groups excluding carboxylic acids is 2. The number of hydrogen-bond acceptors (Lipinski definition) is 5. The minimum Gasteiger partial charge on any atom is -0.469 e. The molecule has 1 saturated heterocycles. The van der Waals surface area contributed by atoms with Crippen LogP contribution in [-0.2, 0) is 16.0 Å². The number of fused-ring (bicyclic) bond motifs is 1. The van der Waals surface area contributed by atoms with Gasteiger partial charge in [0, 0.05) is 54.2 Å². The van der Waals surface area contributed by atoms with Crippen molar-refractivity contribution in [3.8, 4) is 11.1 Å². The molecule has 1 fully saturated rings. The maximum atomic E-state index is 13.5. The molecule has 1 amide bonds. The largest absolute Gasteiger partial charge is 0.469 e. The van der Waals surface area contributed by atoms with Crippen molar-refractivity contribution in [1.29, 1.82) is 0 Å². The Bertz CT molecular complexity index is 1270. The van der Waals surface area contributed by atoms with Crippen LogP contribution in [0.2, 0.25) is 0 Å². The standard InChI is InChI=1S/C27H26N4O3/c1-34-27(33)23(16-22-15-21-10-13-29-17-24(21)30-22)25-3-2-14-31(25)26(32)20-6-4-18(5-7-20)19-8-11-28-12-9-19/h4-13,15,17,23,25,30H,2-3,14,16H2,1H3. The number of benzene rings is 1. The Kier molecular flexibility index (Phi) is 6.08. The second kappa shape index (κ2) is 9.47. The Morgan fingerprint density at radius 3 is 2.53 bits per heavy atom.